The third kappa shape index (κ3) is 3.09. The average Bonchev–Trinajstić information content (AvgIpc) is 3.38. The highest BCUT2D eigenvalue weighted by Crippen LogP contribution is 2.36. The average molecular weight is 383 g/mol. The summed E-state index contributed by atoms with van der Waals surface area (Å²) in [5.74, 6) is -0.118. The van der Waals surface area contributed by atoms with Gasteiger partial charge >= 0.3 is 0 Å². The van der Waals surface area contributed by atoms with Crippen molar-refractivity contribution in [3.05, 3.63) is 89.7 Å². The number of carbonyl (C=O) groups is 1. The molecule has 1 aliphatic rings. The molecule has 2 heterocycles. The molecule has 0 unspecified atom stereocenters. The maximum Gasteiger partial charge on any atom is 0.251 e. The van der Waals surface area contributed by atoms with Crippen LogP contribution >= 0.6 is 0 Å². The molecule has 5 rings (SSSR count). The number of carbonyl (C=O) groups excluding carboxylic acids is 1. The first kappa shape index (κ1) is 17.6. The monoisotopic (exact) mass is 383 g/mol. The lowest BCUT2D eigenvalue weighted by molar-refractivity contribution is 0.0911. The molecule has 2 aromatic heterocycles. The summed E-state index contributed by atoms with van der Waals surface area (Å²) in [7, 11) is 0. The van der Waals surface area contributed by atoms with E-state index < -0.39 is 0 Å². The number of hydrogen-bond acceptors (Lipinski definition) is 3. The van der Waals surface area contributed by atoms with E-state index in [4.69, 9.17) is 0 Å². The molecule has 1 amide bonds. The second-order valence-corrected chi connectivity index (χ2v) is 7.47. The number of aromatic nitrogens is 2. The smallest absolute Gasteiger partial charge is 0.251 e. The predicted molar refractivity (Wildman–Crippen MR) is 112 cm³/mol. The summed E-state index contributed by atoms with van der Waals surface area (Å²) < 4.78 is 0. The number of nitrogens with one attached hydrogen (secondary N) is 2. The first-order valence-electron chi connectivity index (χ1n) is 9.76. The molecule has 0 fully saturated rings. The van der Waals surface area contributed by atoms with Gasteiger partial charge in [0.25, 0.3) is 5.91 Å². The van der Waals surface area contributed by atoms with Gasteiger partial charge in [0.05, 0.1) is 6.04 Å². The summed E-state index contributed by atoms with van der Waals surface area (Å²) in [6, 6.07) is 19.5. The highest BCUT2D eigenvalue weighted by molar-refractivity contribution is 5.97. The lowest BCUT2D eigenvalue weighted by Crippen LogP contribution is -2.32. The van der Waals surface area contributed by atoms with Crippen LogP contribution in [0, 0.1) is 5.92 Å². The molecule has 0 bridgehead atoms. The third-order valence-electron chi connectivity index (χ3n) is 5.78. The molecular formula is C24H21N3O2. The van der Waals surface area contributed by atoms with E-state index in [1.807, 2.05) is 60.8 Å². The van der Waals surface area contributed by atoms with Crippen molar-refractivity contribution < 1.29 is 9.90 Å². The van der Waals surface area contributed by atoms with Crippen molar-refractivity contribution in [1.29, 1.82) is 0 Å². The Bertz CT molecular complexity index is 1180. The predicted octanol–water partition coefficient (Wildman–Crippen LogP) is 3.87. The lowest BCUT2D eigenvalue weighted by atomic mass is 10.00. The Morgan fingerprint density at radius 3 is 2.76 bits per heavy atom. The van der Waals surface area contributed by atoms with Crippen LogP contribution < -0.4 is 5.32 Å². The van der Waals surface area contributed by atoms with Crippen LogP contribution in [-0.4, -0.2) is 27.6 Å². The van der Waals surface area contributed by atoms with E-state index in [1.165, 1.54) is 5.56 Å². The van der Waals surface area contributed by atoms with Gasteiger partial charge in [-0.2, -0.15) is 0 Å². The fraction of sp³-hybridized carbons (Fsp3) is 0.167. The van der Waals surface area contributed by atoms with Crippen LogP contribution in [0.25, 0.3) is 22.2 Å². The first-order valence-corrected chi connectivity index (χ1v) is 9.76. The Morgan fingerprint density at radius 2 is 1.93 bits per heavy atom. The molecule has 5 nitrogen and oxygen atoms in total. The summed E-state index contributed by atoms with van der Waals surface area (Å²) in [6.07, 6.45) is 4.44. The van der Waals surface area contributed by atoms with Gasteiger partial charge in [0.1, 0.15) is 5.65 Å². The summed E-state index contributed by atoms with van der Waals surface area (Å²) in [6.45, 7) is 0.0489. The Morgan fingerprint density at radius 1 is 1.10 bits per heavy atom. The van der Waals surface area contributed by atoms with Gasteiger partial charge in [0.2, 0.25) is 0 Å². The molecule has 2 aromatic carbocycles. The number of nitrogens with zero attached hydrogens (tertiary/aromatic N) is 1. The minimum atomic E-state index is -0.164. The van der Waals surface area contributed by atoms with Crippen molar-refractivity contribution in [2.45, 2.75) is 12.5 Å². The zero-order chi connectivity index (χ0) is 19.8. The second-order valence-electron chi connectivity index (χ2n) is 7.47. The molecule has 144 valence electrons. The molecule has 3 N–H and O–H groups in total. The fourth-order valence-electron chi connectivity index (χ4n) is 4.28. The van der Waals surface area contributed by atoms with Gasteiger partial charge in [0, 0.05) is 35.9 Å². The molecule has 4 aromatic rings. The molecule has 0 radical (unpaired) electrons. The minimum Gasteiger partial charge on any atom is -0.396 e. The summed E-state index contributed by atoms with van der Waals surface area (Å²) in [4.78, 5) is 20.3. The number of H-pyrrole nitrogens is 1. The van der Waals surface area contributed by atoms with E-state index in [0.29, 0.717) is 5.56 Å². The number of aliphatic hydroxyl groups is 1. The molecule has 0 saturated carbocycles. The van der Waals surface area contributed by atoms with Crippen LogP contribution in [0.1, 0.15) is 27.5 Å². The molecule has 1 aliphatic carbocycles. The first-order chi connectivity index (χ1) is 14.2. The molecule has 0 aliphatic heterocycles. The van der Waals surface area contributed by atoms with Crippen LogP contribution in [0.15, 0.2) is 73.1 Å². The SMILES string of the molecule is O=C(N[C@H]1c2ccccc2C[C@H]1CO)c1ccc(-c2ccnc3[nH]ccc23)cc1. The van der Waals surface area contributed by atoms with Crippen molar-refractivity contribution in [2.24, 2.45) is 5.92 Å². The van der Waals surface area contributed by atoms with Crippen molar-refractivity contribution in [3.63, 3.8) is 0 Å². The lowest BCUT2D eigenvalue weighted by Gasteiger charge is -2.20. The van der Waals surface area contributed by atoms with Gasteiger partial charge in [-0.3, -0.25) is 4.79 Å². The Balaban J connectivity index is 1.39. The standard InChI is InChI=1S/C24H21N3O2/c28-14-18-13-17-3-1-2-4-20(17)22(18)27-24(29)16-7-5-15(6-8-16)19-9-11-25-23-21(19)10-12-26-23/h1-12,18,22,28H,13-14H2,(H,25,26)(H,27,29)/t18-,22+/m0/s1. The second kappa shape index (κ2) is 7.18. The summed E-state index contributed by atoms with van der Waals surface area (Å²) in [5, 5.41) is 13.9. The highest BCUT2D eigenvalue weighted by Gasteiger charge is 2.32. The van der Waals surface area contributed by atoms with Crippen LogP contribution in [-0.2, 0) is 6.42 Å². The zero-order valence-electron chi connectivity index (χ0n) is 15.8. The Kier molecular flexibility index (Phi) is 4.37. The number of aliphatic hydroxyl groups excluding tert-OH is 1. The van der Waals surface area contributed by atoms with Crippen LogP contribution in [0.2, 0.25) is 0 Å². The van der Waals surface area contributed by atoms with E-state index in [1.54, 1.807) is 6.20 Å². The van der Waals surface area contributed by atoms with E-state index in [9.17, 15) is 9.90 Å². The van der Waals surface area contributed by atoms with Gasteiger partial charge < -0.3 is 15.4 Å². The molecule has 29 heavy (non-hydrogen) atoms. The van der Waals surface area contributed by atoms with Gasteiger partial charge in [-0.05, 0) is 52.9 Å². The Hall–Kier alpha value is -3.44. The van der Waals surface area contributed by atoms with Gasteiger partial charge in [-0.15, -0.1) is 0 Å². The molecule has 2 atom stereocenters. The number of fused-ring (bicyclic) bond motifs is 2. The maximum absolute atomic E-state index is 12.9. The maximum atomic E-state index is 12.9. The minimum absolute atomic E-state index is 0.00863. The third-order valence-corrected chi connectivity index (χ3v) is 5.78. The quantitative estimate of drug-likeness (QED) is 0.501. The summed E-state index contributed by atoms with van der Waals surface area (Å²) in [5.41, 5.74) is 5.86. The van der Waals surface area contributed by atoms with Crippen molar-refractivity contribution in [3.8, 4) is 11.1 Å². The van der Waals surface area contributed by atoms with Crippen molar-refractivity contribution in [1.82, 2.24) is 15.3 Å². The van der Waals surface area contributed by atoms with E-state index >= 15 is 0 Å². The zero-order valence-corrected chi connectivity index (χ0v) is 15.8. The van der Waals surface area contributed by atoms with Gasteiger partial charge in [-0.1, -0.05) is 36.4 Å². The van der Waals surface area contributed by atoms with Crippen molar-refractivity contribution >= 4 is 16.9 Å². The van der Waals surface area contributed by atoms with Crippen molar-refractivity contribution in [2.75, 3.05) is 6.61 Å². The number of aromatic amines is 1. The van der Waals surface area contributed by atoms with Gasteiger partial charge in [0.15, 0.2) is 0 Å². The normalized spacial score (nSPS) is 18.0. The Labute approximate surface area is 168 Å². The fourth-order valence-corrected chi connectivity index (χ4v) is 4.28. The number of rotatable bonds is 4. The van der Waals surface area contributed by atoms with E-state index in [0.717, 1.165) is 34.1 Å². The van der Waals surface area contributed by atoms with Crippen LogP contribution in [0.5, 0.6) is 0 Å². The van der Waals surface area contributed by atoms with E-state index in [2.05, 4.69) is 21.4 Å². The van der Waals surface area contributed by atoms with Crippen LogP contribution in [0.4, 0.5) is 0 Å². The molecule has 5 heteroatoms. The number of benzene rings is 2. The molecule has 0 spiro atoms. The molecular weight excluding hydrogens is 362 g/mol. The number of pyridine rings is 1. The molecule has 0 saturated heterocycles. The number of hydrogen-bond donors (Lipinski definition) is 3. The summed E-state index contributed by atoms with van der Waals surface area (Å²) >= 11 is 0. The number of amides is 1. The topological polar surface area (TPSA) is 78.0 Å². The van der Waals surface area contributed by atoms with Gasteiger partial charge in [-0.25, -0.2) is 4.98 Å². The van der Waals surface area contributed by atoms with E-state index in [-0.39, 0.29) is 24.5 Å². The highest BCUT2D eigenvalue weighted by atomic mass is 16.3. The largest absolute Gasteiger partial charge is 0.396 e. The van der Waals surface area contributed by atoms with Crippen LogP contribution in [0.3, 0.4) is 0 Å².